The van der Waals surface area contributed by atoms with Gasteiger partial charge in [0.15, 0.2) is 2.69 Å². The maximum absolute atomic E-state index is 5.58. The molecule has 0 spiro atoms. The lowest BCUT2D eigenvalue weighted by molar-refractivity contribution is 1.03. The van der Waals surface area contributed by atoms with Crippen LogP contribution in [0.25, 0.3) is 0 Å². The summed E-state index contributed by atoms with van der Waals surface area (Å²) in [6.45, 7) is 0. The molecule has 0 fully saturated rings. The lowest BCUT2D eigenvalue weighted by atomic mass is 10.6. The van der Waals surface area contributed by atoms with Crippen LogP contribution < -0.4 is 0 Å². The molecule has 0 saturated heterocycles. The number of halogens is 4. The van der Waals surface area contributed by atoms with E-state index in [0.29, 0.717) is 12.3 Å². The summed E-state index contributed by atoms with van der Waals surface area (Å²) in [7, 11) is 0. The molecule has 0 atom stereocenters. The second kappa shape index (κ2) is 3.54. The van der Waals surface area contributed by atoms with Crippen molar-refractivity contribution in [2.75, 3.05) is 5.88 Å². The second-order valence-electron chi connectivity index (χ2n) is 1.05. The van der Waals surface area contributed by atoms with Gasteiger partial charge in [-0.3, -0.25) is 0 Å². The van der Waals surface area contributed by atoms with Crippen LogP contribution in [-0.2, 0) is 0 Å². The summed E-state index contributed by atoms with van der Waals surface area (Å²) in [5.41, 5.74) is 0. The van der Waals surface area contributed by atoms with E-state index in [-0.39, 0.29) is 0 Å². The summed E-state index contributed by atoms with van der Waals surface area (Å²) in [4.78, 5) is 0. The van der Waals surface area contributed by atoms with E-state index in [4.69, 9.17) is 23.2 Å². The molecule has 0 aliphatic rings. The van der Waals surface area contributed by atoms with E-state index in [2.05, 4.69) is 31.9 Å². The Balaban J connectivity index is 3.15. The molecule has 0 aromatic rings. The minimum atomic E-state index is -0.484. The molecule has 4 heteroatoms. The van der Waals surface area contributed by atoms with E-state index in [9.17, 15) is 0 Å². The van der Waals surface area contributed by atoms with Gasteiger partial charge in [-0.15, -0.1) is 11.6 Å². The third-order valence-corrected chi connectivity index (χ3v) is 1.55. The zero-order valence-electron chi connectivity index (χ0n) is 3.43. The average molecular weight is 271 g/mol. The van der Waals surface area contributed by atoms with Crippen LogP contribution in [-0.4, -0.2) is 8.57 Å². The monoisotopic (exact) mass is 268 g/mol. The molecule has 0 bridgehead atoms. The van der Waals surface area contributed by atoms with Crippen LogP contribution in [0.5, 0.6) is 0 Å². The Morgan fingerprint density at radius 2 is 1.86 bits per heavy atom. The average Bonchev–Trinajstić information content (AvgIpc) is 1.30. The zero-order chi connectivity index (χ0) is 5.91. The van der Waals surface area contributed by atoms with Crippen molar-refractivity contribution >= 4 is 55.1 Å². The minimum Gasteiger partial charge on any atom is -0.127 e. The van der Waals surface area contributed by atoms with Crippen LogP contribution >= 0.6 is 55.1 Å². The molecule has 0 radical (unpaired) electrons. The van der Waals surface area contributed by atoms with Crippen molar-refractivity contribution in [1.29, 1.82) is 0 Å². The van der Waals surface area contributed by atoms with E-state index in [1.807, 2.05) is 0 Å². The van der Waals surface area contributed by atoms with Gasteiger partial charge in [0.1, 0.15) is 0 Å². The number of alkyl halides is 4. The van der Waals surface area contributed by atoms with Crippen molar-refractivity contribution in [2.45, 2.75) is 9.11 Å². The van der Waals surface area contributed by atoms with E-state index in [1.165, 1.54) is 0 Å². The number of hydrogen-bond donors (Lipinski definition) is 0. The summed E-state index contributed by atoms with van der Waals surface area (Å²) in [6, 6.07) is 0. The van der Waals surface area contributed by atoms with Crippen LogP contribution in [0.2, 0.25) is 0 Å². The smallest absolute Gasteiger partial charge is 0.127 e. The normalized spacial score (nSPS) is 12.0. The molecule has 0 saturated carbocycles. The molecule has 0 rings (SSSR count). The molecule has 0 aromatic carbocycles. The molecule has 7 heavy (non-hydrogen) atoms. The highest BCUT2D eigenvalue weighted by molar-refractivity contribution is 9.26. The van der Waals surface area contributed by atoms with Gasteiger partial charge < -0.3 is 0 Å². The maximum Gasteiger partial charge on any atom is 0.154 e. The minimum absolute atomic E-state index is 0.484. The third-order valence-electron chi connectivity index (χ3n) is 0.378. The van der Waals surface area contributed by atoms with Crippen molar-refractivity contribution in [1.82, 2.24) is 0 Å². The van der Waals surface area contributed by atoms with Gasteiger partial charge in [-0.25, -0.2) is 0 Å². The van der Waals surface area contributed by atoms with Crippen molar-refractivity contribution in [3.8, 4) is 0 Å². The van der Waals surface area contributed by atoms with Gasteiger partial charge in [0.05, 0.1) is 0 Å². The highest BCUT2D eigenvalue weighted by atomic mass is 79.9. The predicted octanol–water partition coefficient (Wildman–Crippen LogP) is 3.30. The Morgan fingerprint density at radius 3 is 1.86 bits per heavy atom. The summed E-state index contributed by atoms with van der Waals surface area (Å²) in [5.74, 6) is 0.556. The van der Waals surface area contributed by atoms with E-state index in [0.717, 1.165) is 0 Å². The fourth-order valence-electron chi connectivity index (χ4n) is 0.107. The number of hydrogen-bond acceptors (Lipinski definition) is 0. The van der Waals surface area contributed by atoms with Crippen molar-refractivity contribution in [2.24, 2.45) is 0 Å². The highest BCUT2D eigenvalue weighted by Gasteiger charge is 2.15. The van der Waals surface area contributed by atoms with Crippen LogP contribution in [0.1, 0.15) is 6.42 Å². The first kappa shape index (κ1) is 8.54. The molecule has 0 nitrogen and oxygen atoms in total. The van der Waals surface area contributed by atoms with Gasteiger partial charge in [0.25, 0.3) is 0 Å². The SMILES string of the molecule is ClCCC(Cl)(Br)Br. The van der Waals surface area contributed by atoms with Gasteiger partial charge in [0, 0.05) is 5.88 Å². The summed E-state index contributed by atoms with van der Waals surface area (Å²) in [5, 5.41) is 0. The Kier molecular flexibility index (Phi) is 4.32. The van der Waals surface area contributed by atoms with Gasteiger partial charge in [-0.05, 0) is 6.42 Å². The summed E-state index contributed by atoms with van der Waals surface area (Å²) >= 11 is 17.2. The summed E-state index contributed by atoms with van der Waals surface area (Å²) < 4.78 is -0.484. The first-order valence-corrected chi connectivity index (χ1v) is 4.19. The van der Waals surface area contributed by atoms with Crippen molar-refractivity contribution in [3.05, 3.63) is 0 Å². The molecule has 0 unspecified atom stereocenters. The first-order valence-electron chi connectivity index (χ1n) is 1.69. The Hall–Kier alpha value is 1.54. The van der Waals surface area contributed by atoms with Crippen LogP contribution in [0.4, 0.5) is 0 Å². The largest absolute Gasteiger partial charge is 0.154 e. The van der Waals surface area contributed by atoms with E-state index in [1.54, 1.807) is 0 Å². The first-order chi connectivity index (χ1) is 3.06. The predicted molar refractivity (Wildman–Crippen MR) is 41.8 cm³/mol. The lowest BCUT2D eigenvalue weighted by Gasteiger charge is -2.06. The molecular weight excluding hydrogens is 267 g/mol. The molecule has 0 aromatic heterocycles. The van der Waals surface area contributed by atoms with Gasteiger partial charge in [-0.1, -0.05) is 43.5 Å². The fraction of sp³-hybridized carbons (Fsp3) is 1.00. The molecule has 0 heterocycles. The third kappa shape index (κ3) is 7.54. The van der Waals surface area contributed by atoms with Crippen LogP contribution in [0.3, 0.4) is 0 Å². The van der Waals surface area contributed by atoms with Crippen molar-refractivity contribution in [3.63, 3.8) is 0 Å². The van der Waals surface area contributed by atoms with E-state index < -0.39 is 2.69 Å². The standard InChI is InChI=1S/C3H4Br2Cl2/c4-3(5,7)1-2-6/h1-2H2. The molecule has 0 aliphatic heterocycles. The van der Waals surface area contributed by atoms with E-state index >= 15 is 0 Å². The van der Waals surface area contributed by atoms with Gasteiger partial charge >= 0.3 is 0 Å². The molecular formula is C3H4Br2Cl2. The number of rotatable bonds is 2. The molecule has 0 N–H and O–H groups in total. The quantitative estimate of drug-likeness (QED) is 0.676. The topological polar surface area (TPSA) is 0 Å². The Labute approximate surface area is 69.8 Å². The highest BCUT2D eigenvalue weighted by Crippen LogP contribution is 2.34. The van der Waals surface area contributed by atoms with Crippen LogP contribution in [0, 0.1) is 0 Å². The zero-order valence-corrected chi connectivity index (χ0v) is 8.11. The van der Waals surface area contributed by atoms with Crippen LogP contribution in [0.15, 0.2) is 0 Å². The van der Waals surface area contributed by atoms with Crippen molar-refractivity contribution < 1.29 is 0 Å². The fourth-order valence-corrected chi connectivity index (χ4v) is 1.43. The second-order valence-corrected chi connectivity index (χ2v) is 6.76. The molecule has 44 valence electrons. The Bertz CT molecular complexity index is 49.4. The van der Waals surface area contributed by atoms with Gasteiger partial charge in [-0.2, -0.15) is 0 Å². The maximum atomic E-state index is 5.58. The molecule has 0 aliphatic carbocycles. The molecule has 0 amide bonds. The lowest BCUT2D eigenvalue weighted by Crippen LogP contribution is -1.99. The summed E-state index contributed by atoms with van der Waals surface area (Å²) in [6.07, 6.45) is 0.704. The Morgan fingerprint density at radius 1 is 1.43 bits per heavy atom. The van der Waals surface area contributed by atoms with Gasteiger partial charge in [0.2, 0.25) is 0 Å².